The van der Waals surface area contributed by atoms with E-state index in [4.69, 9.17) is 0 Å². The first-order chi connectivity index (χ1) is 15.3. The van der Waals surface area contributed by atoms with Gasteiger partial charge in [0.2, 0.25) is 0 Å². The van der Waals surface area contributed by atoms with Crippen molar-refractivity contribution in [3.05, 3.63) is 156 Å². The predicted octanol–water partition coefficient (Wildman–Crippen LogP) is 8.00. The zero-order valence-corrected chi connectivity index (χ0v) is 18.1. The Bertz CT molecular complexity index is 1140. The van der Waals surface area contributed by atoms with Gasteiger partial charge >= 0.3 is 0 Å². The molecular formula is C30H24S. The summed E-state index contributed by atoms with van der Waals surface area (Å²) in [5, 5.41) is 0. The average Bonchev–Trinajstić information content (AvgIpc) is 2.86. The van der Waals surface area contributed by atoms with Crippen molar-refractivity contribution < 1.29 is 0 Å². The van der Waals surface area contributed by atoms with Crippen molar-refractivity contribution in [2.24, 2.45) is 0 Å². The van der Waals surface area contributed by atoms with Crippen molar-refractivity contribution in [3.63, 3.8) is 0 Å². The molecule has 4 aromatic rings. The Balaban J connectivity index is 1.72. The van der Waals surface area contributed by atoms with E-state index in [0.29, 0.717) is 0 Å². The van der Waals surface area contributed by atoms with Gasteiger partial charge in [-0.1, -0.05) is 145 Å². The number of benzene rings is 4. The molecule has 0 N–H and O–H groups in total. The number of hydrogen-bond donors (Lipinski definition) is 0. The lowest BCUT2D eigenvalue weighted by molar-refractivity contribution is 0.668. The summed E-state index contributed by atoms with van der Waals surface area (Å²) < 4.78 is 0. The first-order valence-electron chi connectivity index (χ1n) is 10.7. The van der Waals surface area contributed by atoms with Gasteiger partial charge in [0.1, 0.15) is 0 Å². The summed E-state index contributed by atoms with van der Waals surface area (Å²) in [5.74, 6) is 0. The van der Waals surface area contributed by atoms with Crippen LogP contribution in [0, 0.1) is 0 Å². The minimum absolute atomic E-state index is 0.218. The van der Waals surface area contributed by atoms with Gasteiger partial charge in [-0.2, -0.15) is 0 Å². The number of hydrogen-bond acceptors (Lipinski definition) is 1. The number of rotatable bonds is 5. The molecule has 0 bridgehead atoms. The molecule has 4 aromatic carbocycles. The van der Waals surface area contributed by atoms with E-state index in [1.165, 1.54) is 32.1 Å². The molecule has 0 fully saturated rings. The maximum atomic E-state index is 2.47. The van der Waals surface area contributed by atoms with E-state index in [1.807, 2.05) is 11.8 Å². The van der Waals surface area contributed by atoms with E-state index < -0.39 is 0 Å². The molecule has 1 aliphatic heterocycles. The third kappa shape index (κ3) is 4.28. The number of allylic oxidation sites excluding steroid dienone is 2. The van der Waals surface area contributed by atoms with Crippen LogP contribution in [0.2, 0.25) is 0 Å². The second-order valence-corrected chi connectivity index (χ2v) is 9.00. The highest BCUT2D eigenvalue weighted by molar-refractivity contribution is 8.16. The largest absolute Gasteiger partial charge is 0.0894 e. The molecule has 0 aromatic heterocycles. The Labute approximate surface area is 189 Å². The number of thioether (sulfide) groups is 1. The Morgan fingerprint density at radius 2 is 0.903 bits per heavy atom. The molecule has 0 nitrogen and oxygen atoms in total. The summed E-state index contributed by atoms with van der Waals surface area (Å²) in [6.07, 6.45) is 5.87. The van der Waals surface area contributed by atoms with Gasteiger partial charge in [-0.25, -0.2) is 0 Å². The minimum Gasteiger partial charge on any atom is -0.0894 e. The van der Waals surface area contributed by atoms with Gasteiger partial charge in [-0.15, -0.1) is 0 Å². The zero-order valence-electron chi connectivity index (χ0n) is 17.3. The molecule has 0 saturated carbocycles. The smallest absolute Gasteiger partial charge is 0.0380 e. The van der Waals surface area contributed by atoms with Crippen LogP contribution in [0.4, 0.5) is 0 Å². The third-order valence-corrected chi connectivity index (χ3v) is 6.91. The Morgan fingerprint density at radius 1 is 0.484 bits per heavy atom. The Morgan fingerprint density at radius 3 is 1.39 bits per heavy atom. The summed E-state index contributed by atoms with van der Waals surface area (Å²) in [7, 11) is 0. The fraction of sp³-hybridized carbons (Fsp3) is 0.0667. The maximum absolute atomic E-state index is 2.47. The summed E-state index contributed by atoms with van der Waals surface area (Å²) in [4.78, 5) is 2.61. The van der Waals surface area contributed by atoms with Gasteiger partial charge < -0.3 is 0 Å². The van der Waals surface area contributed by atoms with Crippen molar-refractivity contribution in [3.8, 4) is 0 Å². The SMILES string of the molecule is C1=C(c2ccccc2)SC(c2ccccc2)=CC1(Cc1ccccc1)c1ccccc1. The fourth-order valence-electron chi connectivity index (χ4n) is 4.23. The average molecular weight is 417 g/mol. The predicted molar refractivity (Wildman–Crippen MR) is 135 cm³/mol. The van der Waals surface area contributed by atoms with E-state index in [2.05, 4.69) is 133 Å². The Hall–Kier alpha value is -3.29. The van der Waals surface area contributed by atoms with E-state index >= 15 is 0 Å². The summed E-state index contributed by atoms with van der Waals surface area (Å²) >= 11 is 1.87. The maximum Gasteiger partial charge on any atom is 0.0380 e. The lowest BCUT2D eigenvalue weighted by Crippen LogP contribution is -2.26. The molecule has 1 aliphatic rings. The molecule has 0 unspecified atom stereocenters. The van der Waals surface area contributed by atoms with Crippen LogP contribution in [0.5, 0.6) is 0 Å². The molecule has 1 heteroatoms. The first-order valence-corrected chi connectivity index (χ1v) is 11.5. The summed E-state index contributed by atoms with van der Waals surface area (Å²) in [6.45, 7) is 0. The van der Waals surface area contributed by atoms with Crippen LogP contribution in [-0.4, -0.2) is 0 Å². The highest BCUT2D eigenvalue weighted by Crippen LogP contribution is 2.50. The molecule has 5 rings (SSSR count). The zero-order chi connectivity index (χ0) is 20.9. The highest BCUT2D eigenvalue weighted by atomic mass is 32.2. The fourth-order valence-corrected chi connectivity index (χ4v) is 5.51. The van der Waals surface area contributed by atoms with Crippen molar-refractivity contribution in [2.45, 2.75) is 11.8 Å². The van der Waals surface area contributed by atoms with Gasteiger partial charge in [0.15, 0.2) is 0 Å². The molecule has 0 atom stereocenters. The third-order valence-electron chi connectivity index (χ3n) is 5.76. The van der Waals surface area contributed by atoms with E-state index in [-0.39, 0.29) is 5.41 Å². The summed E-state index contributed by atoms with van der Waals surface area (Å²) in [5.41, 5.74) is 4.97. The molecular weight excluding hydrogens is 392 g/mol. The van der Waals surface area contributed by atoms with Crippen LogP contribution in [0.1, 0.15) is 22.3 Å². The van der Waals surface area contributed by atoms with Gasteiger partial charge in [0.05, 0.1) is 0 Å². The second-order valence-electron chi connectivity index (χ2n) is 7.92. The monoisotopic (exact) mass is 416 g/mol. The topological polar surface area (TPSA) is 0 Å². The van der Waals surface area contributed by atoms with Crippen molar-refractivity contribution in [1.82, 2.24) is 0 Å². The molecule has 31 heavy (non-hydrogen) atoms. The molecule has 0 aliphatic carbocycles. The standard InChI is InChI=1S/C30H24S/c1-5-13-24(14-6-1)21-30(27-19-11-4-12-20-27)22-28(25-15-7-2-8-16-25)31-29(23-30)26-17-9-3-10-18-26/h1-20,22-23H,21H2. The van der Waals surface area contributed by atoms with Gasteiger partial charge in [0.25, 0.3) is 0 Å². The molecule has 1 heterocycles. The van der Waals surface area contributed by atoms with E-state index in [1.54, 1.807) is 0 Å². The van der Waals surface area contributed by atoms with Crippen LogP contribution < -0.4 is 0 Å². The molecule has 0 saturated heterocycles. The van der Waals surface area contributed by atoms with Crippen LogP contribution >= 0.6 is 11.8 Å². The van der Waals surface area contributed by atoms with Gasteiger partial charge in [-0.05, 0) is 28.7 Å². The molecule has 0 amide bonds. The van der Waals surface area contributed by atoms with Gasteiger partial charge in [0, 0.05) is 15.2 Å². The molecule has 0 spiro atoms. The normalized spacial score (nSPS) is 15.1. The van der Waals surface area contributed by atoms with Crippen molar-refractivity contribution in [1.29, 1.82) is 0 Å². The molecule has 0 radical (unpaired) electrons. The van der Waals surface area contributed by atoms with Crippen LogP contribution in [0.25, 0.3) is 9.81 Å². The summed E-state index contributed by atoms with van der Waals surface area (Å²) in [6, 6.07) is 43.3. The van der Waals surface area contributed by atoms with E-state index in [0.717, 1.165) is 6.42 Å². The Kier molecular flexibility index (Phi) is 5.60. The van der Waals surface area contributed by atoms with Crippen LogP contribution in [0.3, 0.4) is 0 Å². The second kappa shape index (κ2) is 8.83. The quantitative estimate of drug-likeness (QED) is 0.318. The van der Waals surface area contributed by atoms with Crippen molar-refractivity contribution in [2.75, 3.05) is 0 Å². The van der Waals surface area contributed by atoms with Crippen LogP contribution in [-0.2, 0) is 11.8 Å². The lowest BCUT2D eigenvalue weighted by Gasteiger charge is -2.34. The first kappa shape index (κ1) is 19.7. The van der Waals surface area contributed by atoms with Crippen LogP contribution in [0.15, 0.2) is 133 Å². The minimum atomic E-state index is -0.218. The highest BCUT2D eigenvalue weighted by Gasteiger charge is 2.33. The van der Waals surface area contributed by atoms with Crippen molar-refractivity contribution >= 4 is 21.6 Å². The lowest BCUT2D eigenvalue weighted by atomic mass is 9.74. The molecule has 150 valence electrons. The van der Waals surface area contributed by atoms with Gasteiger partial charge in [-0.3, -0.25) is 0 Å². The van der Waals surface area contributed by atoms with E-state index in [9.17, 15) is 0 Å².